The quantitative estimate of drug-likeness (QED) is 0.772. The number of anilines is 1. The molecule has 0 saturated carbocycles. The van der Waals surface area contributed by atoms with Crippen molar-refractivity contribution in [3.63, 3.8) is 0 Å². The molecule has 0 unspecified atom stereocenters. The molecule has 1 aromatic heterocycles. The van der Waals surface area contributed by atoms with Crippen LogP contribution in [0.4, 0.5) is 5.82 Å². The molecule has 6 nitrogen and oxygen atoms in total. The van der Waals surface area contributed by atoms with E-state index in [1.807, 2.05) is 30.3 Å². The lowest BCUT2D eigenvalue weighted by atomic mass is 10.3. The summed E-state index contributed by atoms with van der Waals surface area (Å²) in [6, 6.07) is 17.3. The Morgan fingerprint density at radius 1 is 0.909 bits per heavy atom. The third kappa shape index (κ3) is 2.76. The Kier molecular flexibility index (Phi) is 3.49. The topological polar surface area (TPSA) is 90.1 Å². The van der Waals surface area contributed by atoms with E-state index in [-0.39, 0.29) is 5.82 Å². The van der Waals surface area contributed by atoms with Crippen molar-refractivity contribution in [1.82, 2.24) is 9.55 Å². The number of aromatic amines is 1. The molecule has 3 rings (SSSR count). The Morgan fingerprint density at radius 2 is 1.55 bits per heavy atom. The minimum absolute atomic E-state index is 0.0745. The fraction of sp³-hybridized carbons (Fsp3) is 0. The highest BCUT2D eigenvalue weighted by molar-refractivity contribution is 5.44. The number of nitrogen functional groups attached to an aromatic ring is 1. The minimum Gasteiger partial charge on any atom is -0.457 e. The SMILES string of the molecule is Nc1cc(=O)[nH]c(=O)n1-c1ccc(Oc2ccccc2)cc1. The summed E-state index contributed by atoms with van der Waals surface area (Å²) in [5.41, 5.74) is 5.16. The second-order valence-electron chi connectivity index (χ2n) is 4.61. The van der Waals surface area contributed by atoms with Crippen LogP contribution in [-0.2, 0) is 0 Å². The van der Waals surface area contributed by atoms with Crippen molar-refractivity contribution >= 4 is 5.82 Å². The predicted molar refractivity (Wildman–Crippen MR) is 83.6 cm³/mol. The molecule has 0 aliphatic heterocycles. The van der Waals surface area contributed by atoms with Crippen molar-refractivity contribution in [2.24, 2.45) is 0 Å². The molecule has 22 heavy (non-hydrogen) atoms. The first-order valence-corrected chi connectivity index (χ1v) is 6.59. The van der Waals surface area contributed by atoms with Gasteiger partial charge in [0.1, 0.15) is 17.3 Å². The van der Waals surface area contributed by atoms with E-state index in [4.69, 9.17) is 10.5 Å². The van der Waals surface area contributed by atoms with E-state index in [0.717, 1.165) is 11.8 Å². The van der Waals surface area contributed by atoms with Gasteiger partial charge in [0.25, 0.3) is 5.56 Å². The van der Waals surface area contributed by atoms with Crippen LogP contribution < -0.4 is 21.7 Å². The van der Waals surface area contributed by atoms with Crippen LogP contribution in [0.5, 0.6) is 11.5 Å². The number of hydrogen-bond donors (Lipinski definition) is 2. The number of nitrogens with one attached hydrogen (secondary N) is 1. The van der Waals surface area contributed by atoms with Crippen molar-refractivity contribution in [2.75, 3.05) is 5.73 Å². The van der Waals surface area contributed by atoms with Gasteiger partial charge in [-0.3, -0.25) is 9.78 Å². The number of rotatable bonds is 3. The summed E-state index contributed by atoms with van der Waals surface area (Å²) in [6.07, 6.45) is 0. The number of ether oxygens (including phenoxy) is 1. The first-order chi connectivity index (χ1) is 10.6. The zero-order chi connectivity index (χ0) is 15.5. The summed E-state index contributed by atoms with van der Waals surface area (Å²) in [5, 5.41) is 0. The molecule has 0 atom stereocenters. The summed E-state index contributed by atoms with van der Waals surface area (Å²) < 4.78 is 6.89. The lowest BCUT2D eigenvalue weighted by molar-refractivity contribution is 0.482. The van der Waals surface area contributed by atoms with Gasteiger partial charge >= 0.3 is 5.69 Å². The van der Waals surface area contributed by atoms with Crippen LogP contribution in [0.15, 0.2) is 70.3 Å². The maximum Gasteiger partial charge on any atom is 0.334 e. The highest BCUT2D eigenvalue weighted by Gasteiger charge is 2.06. The number of aromatic nitrogens is 2. The largest absolute Gasteiger partial charge is 0.457 e. The van der Waals surface area contributed by atoms with Crippen LogP contribution in [-0.4, -0.2) is 9.55 Å². The number of H-pyrrole nitrogens is 1. The van der Waals surface area contributed by atoms with Gasteiger partial charge in [-0.1, -0.05) is 18.2 Å². The normalized spacial score (nSPS) is 10.4. The molecule has 0 bridgehead atoms. The molecular formula is C16H13N3O3. The van der Waals surface area contributed by atoms with Crippen LogP contribution in [0.2, 0.25) is 0 Å². The van der Waals surface area contributed by atoms with Crippen molar-refractivity contribution in [2.45, 2.75) is 0 Å². The molecule has 110 valence electrons. The second-order valence-corrected chi connectivity index (χ2v) is 4.61. The minimum atomic E-state index is -0.582. The average Bonchev–Trinajstić information content (AvgIpc) is 2.49. The van der Waals surface area contributed by atoms with Crippen LogP contribution in [0, 0.1) is 0 Å². The standard InChI is InChI=1S/C16H13N3O3/c17-14-10-15(20)18-16(21)19(14)11-6-8-13(9-7-11)22-12-4-2-1-3-5-12/h1-10H,17H2,(H,18,20,21). The molecule has 0 saturated heterocycles. The van der Waals surface area contributed by atoms with Gasteiger partial charge in [0.05, 0.1) is 5.69 Å². The van der Waals surface area contributed by atoms with Gasteiger partial charge in [0, 0.05) is 6.07 Å². The van der Waals surface area contributed by atoms with E-state index in [1.165, 1.54) is 4.57 Å². The summed E-state index contributed by atoms with van der Waals surface area (Å²) in [6.45, 7) is 0. The summed E-state index contributed by atoms with van der Waals surface area (Å²) in [5.74, 6) is 1.42. The van der Waals surface area contributed by atoms with Gasteiger partial charge in [0.15, 0.2) is 0 Å². The zero-order valence-electron chi connectivity index (χ0n) is 11.5. The van der Waals surface area contributed by atoms with Crippen LogP contribution >= 0.6 is 0 Å². The van der Waals surface area contributed by atoms with Gasteiger partial charge in [-0.25, -0.2) is 9.36 Å². The third-order valence-electron chi connectivity index (χ3n) is 3.04. The maximum absolute atomic E-state index is 11.8. The van der Waals surface area contributed by atoms with Crippen molar-refractivity contribution in [1.29, 1.82) is 0 Å². The van der Waals surface area contributed by atoms with E-state index in [0.29, 0.717) is 11.4 Å². The number of para-hydroxylation sites is 1. The Labute approximate surface area is 125 Å². The molecule has 0 aliphatic rings. The van der Waals surface area contributed by atoms with Gasteiger partial charge in [0.2, 0.25) is 0 Å². The lowest BCUT2D eigenvalue weighted by Crippen LogP contribution is -2.30. The Hall–Kier alpha value is -3.28. The molecule has 1 heterocycles. The summed E-state index contributed by atoms with van der Waals surface area (Å²) in [7, 11) is 0. The van der Waals surface area contributed by atoms with Gasteiger partial charge in [-0.2, -0.15) is 0 Å². The van der Waals surface area contributed by atoms with Gasteiger partial charge in [-0.15, -0.1) is 0 Å². The molecule has 2 aromatic carbocycles. The van der Waals surface area contributed by atoms with E-state index in [2.05, 4.69) is 4.98 Å². The second kappa shape index (κ2) is 5.61. The Bertz CT molecular complexity index is 896. The Morgan fingerprint density at radius 3 is 2.18 bits per heavy atom. The number of hydrogen-bond acceptors (Lipinski definition) is 4. The smallest absolute Gasteiger partial charge is 0.334 e. The monoisotopic (exact) mass is 295 g/mol. The number of nitrogens with zero attached hydrogens (tertiary/aromatic N) is 1. The molecule has 3 aromatic rings. The number of benzene rings is 2. The van der Waals surface area contributed by atoms with Crippen LogP contribution in [0.1, 0.15) is 0 Å². The van der Waals surface area contributed by atoms with Crippen molar-refractivity contribution in [3.8, 4) is 17.2 Å². The lowest BCUT2D eigenvalue weighted by Gasteiger charge is -2.10. The molecule has 0 spiro atoms. The van der Waals surface area contributed by atoms with Gasteiger partial charge < -0.3 is 10.5 Å². The maximum atomic E-state index is 11.8. The summed E-state index contributed by atoms with van der Waals surface area (Å²) in [4.78, 5) is 25.2. The first kappa shape index (κ1) is 13.7. The van der Waals surface area contributed by atoms with Gasteiger partial charge in [-0.05, 0) is 36.4 Å². The van der Waals surface area contributed by atoms with E-state index >= 15 is 0 Å². The fourth-order valence-corrected chi connectivity index (χ4v) is 2.07. The molecular weight excluding hydrogens is 282 g/mol. The summed E-state index contributed by atoms with van der Waals surface area (Å²) >= 11 is 0. The predicted octanol–water partition coefficient (Wildman–Crippen LogP) is 1.90. The van der Waals surface area contributed by atoms with E-state index in [1.54, 1.807) is 24.3 Å². The molecule has 0 radical (unpaired) electrons. The third-order valence-corrected chi connectivity index (χ3v) is 3.04. The van der Waals surface area contributed by atoms with Crippen LogP contribution in [0.3, 0.4) is 0 Å². The highest BCUT2D eigenvalue weighted by atomic mass is 16.5. The molecule has 0 amide bonds. The molecule has 0 fully saturated rings. The van der Waals surface area contributed by atoms with E-state index < -0.39 is 11.2 Å². The average molecular weight is 295 g/mol. The van der Waals surface area contributed by atoms with Crippen molar-refractivity contribution < 1.29 is 4.74 Å². The van der Waals surface area contributed by atoms with Crippen molar-refractivity contribution in [3.05, 3.63) is 81.5 Å². The first-order valence-electron chi connectivity index (χ1n) is 6.59. The zero-order valence-corrected chi connectivity index (χ0v) is 11.5. The van der Waals surface area contributed by atoms with E-state index in [9.17, 15) is 9.59 Å². The Balaban J connectivity index is 1.92. The molecule has 3 N–H and O–H groups in total. The highest BCUT2D eigenvalue weighted by Crippen LogP contribution is 2.22. The molecule has 6 heteroatoms. The number of nitrogens with two attached hydrogens (primary N) is 1. The molecule has 0 aliphatic carbocycles. The van der Waals surface area contributed by atoms with Crippen LogP contribution in [0.25, 0.3) is 5.69 Å². The fourth-order valence-electron chi connectivity index (χ4n) is 2.07.